The number of nitrogens with two attached hydrogens (primary N) is 1. The van der Waals surface area contributed by atoms with Crippen LogP contribution in [0, 0.1) is 5.82 Å². The first kappa shape index (κ1) is 17.4. The smallest absolute Gasteiger partial charge is 0.245 e. The van der Waals surface area contributed by atoms with E-state index in [2.05, 4.69) is 15.9 Å². The summed E-state index contributed by atoms with van der Waals surface area (Å²) in [5.41, 5.74) is 5.46. The number of aliphatic hydroxyl groups is 1. The summed E-state index contributed by atoms with van der Waals surface area (Å²) in [6.45, 7) is 1.92. The highest BCUT2D eigenvalue weighted by Gasteiger charge is 2.26. The lowest BCUT2D eigenvalue weighted by molar-refractivity contribution is 0.252. The van der Waals surface area contributed by atoms with Gasteiger partial charge in [-0.25, -0.2) is 12.8 Å². The van der Waals surface area contributed by atoms with Crippen molar-refractivity contribution < 1.29 is 17.9 Å². The fraction of sp³-hybridized carbons (Fsp3) is 0.500. The predicted octanol–water partition coefficient (Wildman–Crippen LogP) is 1.95. The zero-order valence-electron chi connectivity index (χ0n) is 11.1. The Kier molecular flexibility index (Phi) is 6.38. The fourth-order valence-electron chi connectivity index (χ4n) is 1.70. The molecule has 0 aliphatic rings. The first-order valence-corrected chi connectivity index (χ1v) is 8.43. The molecule has 1 aromatic rings. The molecule has 0 saturated heterocycles. The van der Waals surface area contributed by atoms with E-state index < -0.39 is 15.8 Å². The minimum atomic E-state index is -3.85. The van der Waals surface area contributed by atoms with Crippen LogP contribution in [0.3, 0.4) is 0 Å². The van der Waals surface area contributed by atoms with E-state index in [1.54, 1.807) is 0 Å². The van der Waals surface area contributed by atoms with Crippen molar-refractivity contribution in [3.63, 3.8) is 0 Å². The summed E-state index contributed by atoms with van der Waals surface area (Å²) in [5.74, 6) is -0.622. The highest BCUT2D eigenvalue weighted by atomic mass is 79.9. The van der Waals surface area contributed by atoms with E-state index in [4.69, 9.17) is 10.8 Å². The molecule has 0 atom stereocenters. The van der Waals surface area contributed by atoms with Crippen LogP contribution < -0.4 is 5.73 Å². The van der Waals surface area contributed by atoms with Gasteiger partial charge in [0.25, 0.3) is 0 Å². The second-order valence-electron chi connectivity index (χ2n) is 4.29. The topological polar surface area (TPSA) is 83.6 Å². The number of unbranched alkanes of at least 4 members (excludes halogenated alkanes) is 1. The monoisotopic (exact) mass is 368 g/mol. The largest absolute Gasteiger partial charge is 0.398 e. The number of hydrogen-bond acceptors (Lipinski definition) is 4. The third kappa shape index (κ3) is 3.91. The molecule has 0 bridgehead atoms. The number of rotatable bonds is 7. The molecule has 0 aromatic heterocycles. The van der Waals surface area contributed by atoms with Crippen molar-refractivity contribution in [2.45, 2.75) is 24.7 Å². The minimum absolute atomic E-state index is 0.0171. The van der Waals surface area contributed by atoms with Gasteiger partial charge >= 0.3 is 0 Å². The first-order valence-electron chi connectivity index (χ1n) is 6.20. The average molecular weight is 369 g/mol. The Morgan fingerprint density at radius 1 is 1.40 bits per heavy atom. The molecule has 0 saturated carbocycles. The minimum Gasteiger partial charge on any atom is -0.398 e. The first-order chi connectivity index (χ1) is 9.34. The van der Waals surface area contributed by atoms with Crippen LogP contribution in [0.4, 0.5) is 10.1 Å². The van der Waals surface area contributed by atoms with Crippen LogP contribution in [0.1, 0.15) is 19.8 Å². The summed E-state index contributed by atoms with van der Waals surface area (Å²) >= 11 is 2.95. The summed E-state index contributed by atoms with van der Waals surface area (Å²) in [7, 11) is -3.85. The molecule has 0 aliphatic carbocycles. The molecule has 0 fully saturated rings. The molecule has 0 amide bonds. The van der Waals surface area contributed by atoms with Crippen molar-refractivity contribution in [2.24, 2.45) is 0 Å². The van der Waals surface area contributed by atoms with Crippen LogP contribution >= 0.6 is 15.9 Å². The molecule has 0 radical (unpaired) electrons. The Labute approximate surface area is 126 Å². The van der Waals surface area contributed by atoms with Gasteiger partial charge in [-0.15, -0.1) is 0 Å². The predicted molar refractivity (Wildman–Crippen MR) is 79.3 cm³/mol. The second kappa shape index (κ2) is 7.35. The van der Waals surface area contributed by atoms with Gasteiger partial charge in [-0.2, -0.15) is 4.31 Å². The normalized spacial score (nSPS) is 12.1. The molecule has 0 spiro atoms. The Bertz CT molecular complexity index is 566. The van der Waals surface area contributed by atoms with Crippen LogP contribution in [0.5, 0.6) is 0 Å². The lowest BCUT2D eigenvalue weighted by Gasteiger charge is -2.22. The molecule has 20 heavy (non-hydrogen) atoms. The number of hydrogen-bond donors (Lipinski definition) is 2. The third-order valence-corrected chi connectivity index (χ3v) is 5.34. The maximum atomic E-state index is 13.3. The molecule has 3 N–H and O–H groups in total. The van der Waals surface area contributed by atoms with Gasteiger partial charge in [-0.1, -0.05) is 13.3 Å². The average Bonchev–Trinajstić information content (AvgIpc) is 2.38. The van der Waals surface area contributed by atoms with Crippen molar-refractivity contribution in [1.82, 2.24) is 4.31 Å². The fourth-order valence-corrected chi connectivity index (χ4v) is 3.79. The summed E-state index contributed by atoms with van der Waals surface area (Å²) in [4.78, 5) is -0.157. The van der Waals surface area contributed by atoms with Crippen LogP contribution in [-0.4, -0.2) is 37.5 Å². The standard InChI is InChI=1S/C12H18BrFN2O3S/c1-2-3-4-16(5-6-17)20(18,19)12-7-9(13)10(14)8-11(12)15/h7-8,17H,2-6,15H2,1H3. The number of benzene rings is 1. The van der Waals surface area contributed by atoms with E-state index in [0.717, 1.165) is 22.9 Å². The number of anilines is 1. The van der Waals surface area contributed by atoms with E-state index in [1.165, 1.54) is 0 Å². The van der Waals surface area contributed by atoms with Crippen LogP contribution in [-0.2, 0) is 10.0 Å². The van der Waals surface area contributed by atoms with E-state index in [-0.39, 0.29) is 34.8 Å². The molecule has 0 heterocycles. The van der Waals surface area contributed by atoms with Crippen molar-refractivity contribution in [3.8, 4) is 0 Å². The van der Waals surface area contributed by atoms with Crippen molar-refractivity contribution in [2.75, 3.05) is 25.4 Å². The summed E-state index contributed by atoms with van der Waals surface area (Å²) in [6.07, 6.45) is 1.49. The zero-order valence-corrected chi connectivity index (χ0v) is 13.5. The highest BCUT2D eigenvalue weighted by Crippen LogP contribution is 2.28. The molecule has 114 valence electrons. The molecule has 1 rings (SSSR count). The lowest BCUT2D eigenvalue weighted by atomic mass is 10.3. The summed E-state index contributed by atoms with van der Waals surface area (Å²) < 4.78 is 39.5. The zero-order chi connectivity index (χ0) is 15.3. The Morgan fingerprint density at radius 2 is 2.05 bits per heavy atom. The Balaban J connectivity index is 3.22. The number of aliphatic hydroxyl groups excluding tert-OH is 1. The SMILES string of the molecule is CCCCN(CCO)S(=O)(=O)c1cc(Br)c(F)cc1N. The van der Waals surface area contributed by atoms with Crippen molar-refractivity contribution >= 4 is 31.6 Å². The molecule has 0 unspecified atom stereocenters. The van der Waals surface area contributed by atoms with Gasteiger partial charge in [0, 0.05) is 13.1 Å². The molecule has 8 heteroatoms. The molecular formula is C12H18BrFN2O3S. The summed E-state index contributed by atoms with van der Waals surface area (Å²) in [6, 6.07) is 2.12. The Morgan fingerprint density at radius 3 is 2.60 bits per heavy atom. The van der Waals surface area contributed by atoms with Crippen LogP contribution in [0.25, 0.3) is 0 Å². The van der Waals surface area contributed by atoms with Crippen LogP contribution in [0.15, 0.2) is 21.5 Å². The van der Waals surface area contributed by atoms with Gasteiger partial charge in [-0.05, 0) is 34.5 Å². The highest BCUT2D eigenvalue weighted by molar-refractivity contribution is 9.10. The number of nitrogen functional groups attached to an aromatic ring is 1. The molecule has 1 aromatic carbocycles. The third-order valence-electron chi connectivity index (χ3n) is 2.78. The van der Waals surface area contributed by atoms with Crippen LogP contribution in [0.2, 0.25) is 0 Å². The van der Waals surface area contributed by atoms with E-state index in [0.29, 0.717) is 6.42 Å². The van der Waals surface area contributed by atoms with Gasteiger partial charge in [0.15, 0.2) is 0 Å². The number of halogens is 2. The maximum Gasteiger partial charge on any atom is 0.245 e. The number of nitrogens with zero attached hydrogens (tertiary/aromatic N) is 1. The van der Waals surface area contributed by atoms with Gasteiger partial charge < -0.3 is 10.8 Å². The molecule has 0 aliphatic heterocycles. The second-order valence-corrected chi connectivity index (χ2v) is 7.05. The van der Waals surface area contributed by atoms with Crippen molar-refractivity contribution in [1.29, 1.82) is 0 Å². The summed E-state index contributed by atoms with van der Waals surface area (Å²) in [5, 5.41) is 9.01. The van der Waals surface area contributed by atoms with E-state index >= 15 is 0 Å². The van der Waals surface area contributed by atoms with E-state index in [9.17, 15) is 12.8 Å². The van der Waals surface area contributed by atoms with Gasteiger partial charge in [0.05, 0.1) is 16.8 Å². The molecule has 5 nitrogen and oxygen atoms in total. The van der Waals surface area contributed by atoms with Crippen molar-refractivity contribution in [3.05, 3.63) is 22.4 Å². The number of sulfonamides is 1. The Hall–Kier alpha value is -0.700. The van der Waals surface area contributed by atoms with Gasteiger partial charge in [0.1, 0.15) is 10.7 Å². The van der Waals surface area contributed by atoms with Gasteiger partial charge in [0.2, 0.25) is 10.0 Å². The van der Waals surface area contributed by atoms with E-state index in [1.807, 2.05) is 6.92 Å². The van der Waals surface area contributed by atoms with Gasteiger partial charge in [-0.3, -0.25) is 0 Å². The molecular weight excluding hydrogens is 351 g/mol. The maximum absolute atomic E-state index is 13.3. The lowest BCUT2D eigenvalue weighted by Crippen LogP contribution is -2.35. The quantitative estimate of drug-likeness (QED) is 0.720.